The third kappa shape index (κ3) is 5.63. The molecule has 72 heavy (non-hydrogen) atoms. The summed E-state index contributed by atoms with van der Waals surface area (Å²) < 4.78 is 14.0. The number of para-hydroxylation sites is 2. The Hall–Kier alpha value is -9.64. The molecule has 0 aliphatic rings. The second kappa shape index (κ2) is 14.9. The molecule has 0 spiro atoms. The predicted molar refractivity (Wildman–Crippen MR) is 304 cm³/mol. The Kier molecular flexibility index (Phi) is 8.14. The molecule has 16 aromatic rings. The molecule has 0 unspecified atom stereocenters. The summed E-state index contributed by atoms with van der Waals surface area (Å²) in [6.07, 6.45) is 0. The standard InChI is InChI=1S/C68H40N2O2/c1-3-15-47-39-49(31-23-41(47)11-1)69(59-21-9-19-55-65-51-17-7-5-13-43(51)29-37-61(65)71-67(55)59)57-35-27-45-26-34-54-58(36-28-46-25-33-53(57)63(45)64(46)54)70(50-32-24-42-12-2-4-16-48(42)40-50)60-22-10-20-56-66-52-18-8-6-14-44(52)30-38-62(66)72-68(56)60/h1-40H. The van der Waals surface area contributed by atoms with Crippen LogP contribution < -0.4 is 9.80 Å². The number of anilines is 6. The normalized spacial score (nSPS) is 12.2. The lowest BCUT2D eigenvalue weighted by molar-refractivity contribution is 0.669. The van der Waals surface area contributed by atoms with Gasteiger partial charge < -0.3 is 18.6 Å². The molecule has 0 aliphatic carbocycles. The Morgan fingerprint density at radius 3 is 1.07 bits per heavy atom. The van der Waals surface area contributed by atoms with Gasteiger partial charge in [-0.15, -0.1) is 0 Å². The second-order valence-electron chi connectivity index (χ2n) is 19.2. The van der Waals surface area contributed by atoms with E-state index >= 15 is 0 Å². The van der Waals surface area contributed by atoms with E-state index in [1.54, 1.807) is 0 Å². The van der Waals surface area contributed by atoms with E-state index in [0.717, 1.165) is 88.8 Å². The molecular formula is C68H40N2O2. The lowest BCUT2D eigenvalue weighted by atomic mass is 9.91. The summed E-state index contributed by atoms with van der Waals surface area (Å²) in [6.45, 7) is 0. The van der Waals surface area contributed by atoms with E-state index in [2.05, 4.69) is 252 Å². The van der Waals surface area contributed by atoms with Crippen molar-refractivity contribution in [1.29, 1.82) is 0 Å². The molecule has 2 heterocycles. The average Bonchev–Trinajstić information content (AvgIpc) is 4.03. The summed E-state index contributed by atoms with van der Waals surface area (Å²) >= 11 is 0. The van der Waals surface area contributed by atoms with Gasteiger partial charge in [0.05, 0.1) is 22.7 Å². The number of benzene rings is 14. The highest BCUT2D eigenvalue weighted by atomic mass is 16.3. The molecule has 334 valence electrons. The molecular weight excluding hydrogens is 877 g/mol. The van der Waals surface area contributed by atoms with E-state index < -0.39 is 0 Å². The monoisotopic (exact) mass is 916 g/mol. The van der Waals surface area contributed by atoms with Crippen molar-refractivity contribution in [2.45, 2.75) is 0 Å². The number of furan rings is 2. The average molecular weight is 917 g/mol. The zero-order chi connectivity index (χ0) is 47.0. The number of nitrogens with zero attached hydrogens (tertiary/aromatic N) is 2. The summed E-state index contributed by atoms with van der Waals surface area (Å²) in [4.78, 5) is 4.83. The highest BCUT2D eigenvalue weighted by Gasteiger charge is 2.26. The Balaban J connectivity index is 0.967. The first kappa shape index (κ1) is 39.2. The zero-order valence-electron chi connectivity index (χ0n) is 38.8. The van der Waals surface area contributed by atoms with Gasteiger partial charge in [0.25, 0.3) is 0 Å². The molecule has 0 N–H and O–H groups in total. The maximum atomic E-state index is 7.00. The largest absolute Gasteiger partial charge is 0.454 e. The molecule has 4 heteroatoms. The van der Waals surface area contributed by atoms with Crippen molar-refractivity contribution >= 4 is 153 Å². The van der Waals surface area contributed by atoms with E-state index in [-0.39, 0.29) is 0 Å². The minimum absolute atomic E-state index is 0.851. The molecule has 14 aromatic carbocycles. The first-order valence-corrected chi connectivity index (χ1v) is 24.6. The van der Waals surface area contributed by atoms with Crippen LogP contribution in [0, 0.1) is 0 Å². The fourth-order valence-corrected chi connectivity index (χ4v) is 12.1. The Bertz CT molecular complexity index is 4600. The third-order valence-corrected chi connectivity index (χ3v) is 15.3. The highest BCUT2D eigenvalue weighted by Crippen LogP contribution is 2.51. The van der Waals surface area contributed by atoms with Crippen LogP contribution in [0.3, 0.4) is 0 Å². The Labute approximate surface area is 412 Å². The SMILES string of the molecule is c1ccc2cc(N(c3ccc4ccc5c(N(c6ccc7ccccc7c6)c6cccc7c6oc6ccc8ccccc8c67)ccc6ccc3c4c65)c3cccc4c3oc3ccc5ccccc5c34)ccc2c1. The fourth-order valence-electron chi connectivity index (χ4n) is 12.1. The molecule has 4 nitrogen and oxygen atoms in total. The van der Waals surface area contributed by atoms with Crippen molar-refractivity contribution < 1.29 is 8.83 Å². The third-order valence-electron chi connectivity index (χ3n) is 15.3. The zero-order valence-corrected chi connectivity index (χ0v) is 38.8. The van der Waals surface area contributed by atoms with Gasteiger partial charge in [0.15, 0.2) is 11.2 Å². The molecule has 0 fully saturated rings. The highest BCUT2D eigenvalue weighted by molar-refractivity contribution is 6.29. The fraction of sp³-hybridized carbons (Fsp3) is 0. The van der Waals surface area contributed by atoms with E-state index in [1.165, 1.54) is 64.6 Å². The van der Waals surface area contributed by atoms with Crippen LogP contribution in [-0.2, 0) is 0 Å². The number of hydrogen-bond acceptors (Lipinski definition) is 4. The molecule has 2 aromatic heterocycles. The van der Waals surface area contributed by atoms with Crippen LogP contribution in [0.15, 0.2) is 251 Å². The van der Waals surface area contributed by atoms with Crippen molar-refractivity contribution in [3.63, 3.8) is 0 Å². The predicted octanol–water partition coefficient (Wildman–Crippen LogP) is 19.9. The first-order chi connectivity index (χ1) is 35.7. The van der Waals surface area contributed by atoms with Crippen LogP contribution >= 0.6 is 0 Å². The van der Waals surface area contributed by atoms with E-state index in [4.69, 9.17) is 8.83 Å². The lowest BCUT2D eigenvalue weighted by Gasteiger charge is -2.29. The topological polar surface area (TPSA) is 32.8 Å². The van der Waals surface area contributed by atoms with Crippen molar-refractivity contribution in [2.75, 3.05) is 9.80 Å². The van der Waals surface area contributed by atoms with E-state index in [0.29, 0.717) is 0 Å². The molecule has 16 rings (SSSR count). The summed E-state index contributed by atoms with van der Waals surface area (Å²) in [5.74, 6) is 0. The van der Waals surface area contributed by atoms with Crippen LogP contribution in [0.5, 0.6) is 0 Å². The van der Waals surface area contributed by atoms with E-state index in [1.807, 2.05) is 0 Å². The van der Waals surface area contributed by atoms with Gasteiger partial charge in [0.1, 0.15) is 11.2 Å². The van der Waals surface area contributed by atoms with Gasteiger partial charge in [0.2, 0.25) is 0 Å². The maximum Gasteiger partial charge on any atom is 0.159 e. The van der Waals surface area contributed by atoms with Crippen LogP contribution in [0.25, 0.3) is 119 Å². The van der Waals surface area contributed by atoms with Gasteiger partial charge in [-0.05, 0) is 125 Å². The van der Waals surface area contributed by atoms with Crippen molar-refractivity contribution in [2.24, 2.45) is 0 Å². The number of fused-ring (bicyclic) bond motifs is 12. The van der Waals surface area contributed by atoms with Crippen LogP contribution in [0.1, 0.15) is 0 Å². The number of hydrogen-bond donors (Lipinski definition) is 0. The summed E-state index contributed by atoms with van der Waals surface area (Å²) in [6, 6.07) is 88.2. The van der Waals surface area contributed by atoms with Crippen molar-refractivity contribution in [3.8, 4) is 0 Å². The molecule has 0 radical (unpaired) electrons. The smallest absolute Gasteiger partial charge is 0.159 e. The van der Waals surface area contributed by atoms with Crippen LogP contribution in [0.2, 0.25) is 0 Å². The van der Waals surface area contributed by atoms with Gasteiger partial charge in [-0.3, -0.25) is 0 Å². The summed E-state index contributed by atoms with van der Waals surface area (Å²) in [7, 11) is 0. The second-order valence-corrected chi connectivity index (χ2v) is 19.2. The molecule has 0 atom stereocenters. The molecule has 0 amide bonds. The maximum absolute atomic E-state index is 7.00. The molecule has 0 saturated carbocycles. The van der Waals surface area contributed by atoms with Crippen LogP contribution in [0.4, 0.5) is 34.1 Å². The minimum Gasteiger partial charge on any atom is -0.454 e. The number of rotatable bonds is 6. The summed E-state index contributed by atoms with van der Waals surface area (Å²) in [5, 5.41) is 21.0. The molecule has 0 bridgehead atoms. The minimum atomic E-state index is 0.851. The van der Waals surface area contributed by atoms with Crippen LogP contribution in [-0.4, -0.2) is 0 Å². The Morgan fingerprint density at radius 1 is 0.222 bits per heavy atom. The molecule has 0 saturated heterocycles. The van der Waals surface area contributed by atoms with Gasteiger partial charge in [-0.1, -0.05) is 182 Å². The van der Waals surface area contributed by atoms with Crippen molar-refractivity contribution in [1.82, 2.24) is 0 Å². The van der Waals surface area contributed by atoms with Gasteiger partial charge in [-0.2, -0.15) is 0 Å². The summed E-state index contributed by atoms with van der Waals surface area (Å²) in [5.41, 5.74) is 9.66. The van der Waals surface area contributed by atoms with Gasteiger partial charge in [-0.25, -0.2) is 0 Å². The quantitative estimate of drug-likeness (QED) is 0.156. The Morgan fingerprint density at radius 2 is 0.597 bits per heavy atom. The van der Waals surface area contributed by atoms with Crippen molar-refractivity contribution in [3.05, 3.63) is 243 Å². The lowest BCUT2D eigenvalue weighted by Crippen LogP contribution is -2.12. The van der Waals surface area contributed by atoms with Gasteiger partial charge in [0, 0.05) is 43.7 Å². The first-order valence-electron chi connectivity index (χ1n) is 24.6. The van der Waals surface area contributed by atoms with E-state index in [9.17, 15) is 0 Å². The molecule has 0 aliphatic heterocycles. The van der Waals surface area contributed by atoms with Gasteiger partial charge >= 0.3 is 0 Å².